The first-order valence-electron chi connectivity index (χ1n) is 10.4. The fraction of sp³-hybridized carbons (Fsp3) is 0.545. The number of aryl methyl sites for hydroxylation is 1. The normalized spacial score (nSPS) is 16.3. The molecular weight excluding hydrogens is 350 g/mol. The van der Waals surface area contributed by atoms with Crippen molar-refractivity contribution >= 4 is 5.96 Å². The van der Waals surface area contributed by atoms with E-state index in [0.717, 1.165) is 43.1 Å². The van der Waals surface area contributed by atoms with Gasteiger partial charge in [0.2, 0.25) is 5.89 Å². The molecule has 2 aromatic rings. The number of unbranched alkanes of at least 4 members (excludes halogenated alkanes) is 1. The van der Waals surface area contributed by atoms with Crippen molar-refractivity contribution in [3.8, 4) is 11.5 Å². The van der Waals surface area contributed by atoms with Crippen LogP contribution in [0.3, 0.4) is 0 Å². The molecule has 0 atom stereocenters. The Bertz CT molecular complexity index is 745. The largest absolute Gasteiger partial charge is 0.444 e. The number of rotatable bonds is 7. The van der Waals surface area contributed by atoms with Crippen molar-refractivity contribution in [3.05, 3.63) is 41.8 Å². The first-order valence-corrected chi connectivity index (χ1v) is 10.4. The molecule has 1 saturated heterocycles. The second-order valence-corrected chi connectivity index (χ2v) is 7.55. The Morgan fingerprint density at radius 3 is 2.68 bits per heavy atom. The van der Waals surface area contributed by atoms with Crippen molar-refractivity contribution in [2.75, 3.05) is 26.7 Å². The molecule has 3 rings (SSSR count). The van der Waals surface area contributed by atoms with Gasteiger partial charge in [-0.1, -0.05) is 31.0 Å². The van der Waals surface area contributed by atoms with Crippen molar-refractivity contribution < 1.29 is 4.42 Å². The average Bonchev–Trinajstić information content (AvgIpc) is 3.20. The molecule has 1 aromatic carbocycles. The maximum atomic E-state index is 5.63. The molecule has 1 aliphatic rings. The molecule has 0 aliphatic carbocycles. The quantitative estimate of drug-likeness (QED) is 0.565. The van der Waals surface area contributed by atoms with E-state index in [2.05, 4.69) is 51.5 Å². The first-order chi connectivity index (χ1) is 13.7. The van der Waals surface area contributed by atoms with Crippen molar-refractivity contribution in [3.63, 3.8) is 0 Å². The Morgan fingerprint density at radius 2 is 2.00 bits per heavy atom. The number of hydrogen-bond acceptors (Lipinski definition) is 4. The lowest BCUT2D eigenvalue weighted by molar-refractivity contribution is 0.203. The molecular formula is C22H33N5O. The maximum Gasteiger partial charge on any atom is 0.226 e. The number of aliphatic imine (C=N–C) groups is 1. The van der Waals surface area contributed by atoms with Gasteiger partial charge in [-0.05, 0) is 44.9 Å². The lowest BCUT2D eigenvalue weighted by Crippen LogP contribution is -2.48. The molecule has 6 heteroatoms. The highest BCUT2D eigenvalue weighted by Crippen LogP contribution is 2.19. The van der Waals surface area contributed by atoms with Gasteiger partial charge in [-0.2, -0.15) is 0 Å². The van der Waals surface area contributed by atoms with E-state index in [0.29, 0.717) is 18.5 Å². The van der Waals surface area contributed by atoms with E-state index in [1.54, 1.807) is 6.26 Å². The Labute approximate surface area is 168 Å². The number of oxazole rings is 1. The molecule has 2 heterocycles. The number of hydrogen-bond donors (Lipinski definition) is 2. The molecule has 0 bridgehead atoms. The lowest BCUT2D eigenvalue weighted by atomic mass is 10.0. The fourth-order valence-corrected chi connectivity index (χ4v) is 3.46. The number of piperidine rings is 1. The van der Waals surface area contributed by atoms with Gasteiger partial charge in [0.25, 0.3) is 0 Å². The minimum atomic E-state index is 0.476. The van der Waals surface area contributed by atoms with Gasteiger partial charge in [0.1, 0.15) is 6.26 Å². The van der Waals surface area contributed by atoms with Gasteiger partial charge >= 0.3 is 0 Å². The smallest absolute Gasteiger partial charge is 0.226 e. The number of aromatic nitrogens is 1. The second-order valence-electron chi connectivity index (χ2n) is 7.55. The van der Waals surface area contributed by atoms with Crippen LogP contribution in [0.4, 0.5) is 0 Å². The molecule has 0 radical (unpaired) electrons. The van der Waals surface area contributed by atoms with Gasteiger partial charge < -0.3 is 20.0 Å². The van der Waals surface area contributed by atoms with E-state index in [1.165, 1.54) is 24.9 Å². The molecule has 152 valence electrons. The molecule has 0 saturated carbocycles. The van der Waals surface area contributed by atoms with Gasteiger partial charge in [0.05, 0.1) is 12.2 Å². The third-order valence-corrected chi connectivity index (χ3v) is 5.27. The van der Waals surface area contributed by atoms with Crippen LogP contribution in [-0.4, -0.2) is 48.6 Å². The summed E-state index contributed by atoms with van der Waals surface area (Å²) in [5.41, 5.74) is 3.09. The third kappa shape index (κ3) is 5.83. The van der Waals surface area contributed by atoms with Gasteiger partial charge in [-0.15, -0.1) is 0 Å². The summed E-state index contributed by atoms with van der Waals surface area (Å²) in [6.07, 6.45) is 6.59. The topological polar surface area (TPSA) is 65.7 Å². The predicted octanol–water partition coefficient (Wildman–Crippen LogP) is 3.58. The standard InChI is InChI=1S/C22H33N5O/c1-4-5-12-27-13-10-19(11-14-27)26-22(23-3)24-15-20-16-28-21(25-20)18-8-6-17(2)7-9-18/h6-9,16,19H,4-5,10-15H2,1-3H3,(H2,23,24,26). The van der Waals surface area contributed by atoms with E-state index in [4.69, 9.17) is 4.42 Å². The highest BCUT2D eigenvalue weighted by molar-refractivity contribution is 5.79. The maximum absolute atomic E-state index is 5.63. The summed E-state index contributed by atoms with van der Waals surface area (Å²) in [4.78, 5) is 11.5. The highest BCUT2D eigenvalue weighted by atomic mass is 16.3. The van der Waals surface area contributed by atoms with Crippen LogP contribution in [0.2, 0.25) is 0 Å². The molecule has 1 aromatic heterocycles. The van der Waals surface area contributed by atoms with Crippen molar-refractivity contribution in [1.29, 1.82) is 0 Å². The van der Waals surface area contributed by atoms with Crippen LogP contribution in [0.1, 0.15) is 43.9 Å². The molecule has 28 heavy (non-hydrogen) atoms. The number of nitrogens with one attached hydrogen (secondary N) is 2. The minimum absolute atomic E-state index is 0.476. The Balaban J connectivity index is 1.45. The summed E-state index contributed by atoms with van der Waals surface area (Å²) in [5, 5.41) is 6.91. The van der Waals surface area contributed by atoms with Crippen LogP contribution in [0.15, 0.2) is 39.9 Å². The zero-order valence-electron chi connectivity index (χ0n) is 17.4. The number of nitrogens with zero attached hydrogens (tertiary/aromatic N) is 3. The molecule has 6 nitrogen and oxygen atoms in total. The SMILES string of the molecule is CCCCN1CCC(NC(=NC)NCc2coc(-c3ccc(C)cc3)n2)CC1. The van der Waals surface area contributed by atoms with Crippen LogP contribution >= 0.6 is 0 Å². The number of likely N-dealkylation sites (tertiary alicyclic amines) is 1. The van der Waals surface area contributed by atoms with Crippen molar-refractivity contribution in [1.82, 2.24) is 20.5 Å². The molecule has 2 N–H and O–H groups in total. The lowest BCUT2D eigenvalue weighted by Gasteiger charge is -2.33. The molecule has 0 amide bonds. The van der Waals surface area contributed by atoms with E-state index >= 15 is 0 Å². The van der Waals surface area contributed by atoms with Gasteiger partial charge in [0, 0.05) is 31.7 Å². The Kier molecular flexibility index (Phi) is 7.48. The third-order valence-electron chi connectivity index (χ3n) is 5.27. The van der Waals surface area contributed by atoms with E-state index in [1.807, 2.05) is 19.2 Å². The summed E-state index contributed by atoms with van der Waals surface area (Å²) >= 11 is 0. The summed E-state index contributed by atoms with van der Waals surface area (Å²) in [7, 11) is 1.81. The molecule has 0 unspecified atom stereocenters. The average molecular weight is 384 g/mol. The summed E-state index contributed by atoms with van der Waals surface area (Å²) in [5.74, 6) is 1.48. The first kappa shape index (κ1) is 20.4. The summed E-state index contributed by atoms with van der Waals surface area (Å²) in [6.45, 7) is 8.47. The monoisotopic (exact) mass is 383 g/mol. The summed E-state index contributed by atoms with van der Waals surface area (Å²) < 4.78 is 5.63. The predicted molar refractivity (Wildman–Crippen MR) is 114 cm³/mol. The van der Waals surface area contributed by atoms with Crippen LogP contribution in [-0.2, 0) is 6.54 Å². The van der Waals surface area contributed by atoms with Crippen LogP contribution in [0.5, 0.6) is 0 Å². The molecule has 1 fully saturated rings. The van der Waals surface area contributed by atoms with Crippen molar-refractivity contribution in [2.24, 2.45) is 4.99 Å². The number of benzene rings is 1. The van der Waals surface area contributed by atoms with E-state index in [-0.39, 0.29) is 0 Å². The van der Waals surface area contributed by atoms with Crippen molar-refractivity contribution in [2.45, 2.75) is 52.1 Å². The zero-order valence-corrected chi connectivity index (χ0v) is 17.4. The van der Waals surface area contributed by atoms with Crippen LogP contribution < -0.4 is 10.6 Å². The minimum Gasteiger partial charge on any atom is -0.444 e. The second kappa shape index (κ2) is 10.3. The van der Waals surface area contributed by atoms with Gasteiger partial charge in [-0.25, -0.2) is 4.98 Å². The Morgan fingerprint density at radius 1 is 1.25 bits per heavy atom. The zero-order chi connectivity index (χ0) is 19.8. The fourth-order valence-electron chi connectivity index (χ4n) is 3.46. The highest BCUT2D eigenvalue weighted by Gasteiger charge is 2.19. The molecule has 0 spiro atoms. The van der Waals surface area contributed by atoms with E-state index in [9.17, 15) is 0 Å². The van der Waals surface area contributed by atoms with Crippen LogP contribution in [0, 0.1) is 6.92 Å². The number of guanidine groups is 1. The van der Waals surface area contributed by atoms with Crippen LogP contribution in [0.25, 0.3) is 11.5 Å². The molecule has 1 aliphatic heterocycles. The van der Waals surface area contributed by atoms with E-state index < -0.39 is 0 Å². The Hall–Kier alpha value is -2.34. The van der Waals surface area contributed by atoms with Gasteiger partial charge in [0.15, 0.2) is 5.96 Å². The van der Waals surface area contributed by atoms with Gasteiger partial charge in [-0.3, -0.25) is 4.99 Å². The summed E-state index contributed by atoms with van der Waals surface area (Å²) in [6, 6.07) is 8.68.